The van der Waals surface area contributed by atoms with Crippen molar-refractivity contribution >= 4 is 49.6 Å². The molecule has 0 saturated carbocycles. The Morgan fingerprint density at radius 2 is 2.35 bits per heavy atom. The summed E-state index contributed by atoms with van der Waals surface area (Å²) < 4.78 is 1.45. The lowest BCUT2D eigenvalue weighted by molar-refractivity contribution is 0.104. The topological polar surface area (TPSA) is 53.2 Å². The van der Waals surface area contributed by atoms with Crippen molar-refractivity contribution in [2.45, 2.75) is 0 Å². The second-order valence-electron chi connectivity index (χ2n) is 3.37. The highest BCUT2D eigenvalue weighted by Crippen LogP contribution is 2.19. The molecule has 0 saturated heterocycles. The van der Waals surface area contributed by atoms with Crippen LogP contribution in [-0.4, -0.2) is 15.9 Å². The lowest BCUT2D eigenvalue weighted by Gasteiger charge is -1.98. The lowest BCUT2D eigenvalue weighted by atomic mass is 10.1. The first kappa shape index (κ1) is 16.8. The minimum Gasteiger partial charge on any atom is -0.289 e. The SMILES string of the molecule is C=CCSC(=NC#N)S/C=C/C(=O)c1cccc(Br)c1. The number of nitriles is 1. The van der Waals surface area contributed by atoms with Crippen molar-refractivity contribution < 1.29 is 4.79 Å². The lowest BCUT2D eigenvalue weighted by Crippen LogP contribution is -1.93. The van der Waals surface area contributed by atoms with Gasteiger partial charge in [-0.1, -0.05) is 57.7 Å². The molecule has 0 radical (unpaired) electrons. The van der Waals surface area contributed by atoms with Crippen LogP contribution in [0.25, 0.3) is 0 Å². The van der Waals surface area contributed by atoms with Crippen LogP contribution < -0.4 is 0 Å². The summed E-state index contributed by atoms with van der Waals surface area (Å²) in [6.45, 7) is 3.60. The highest BCUT2D eigenvalue weighted by atomic mass is 79.9. The maximum atomic E-state index is 11.9. The third-order valence-electron chi connectivity index (χ3n) is 1.96. The zero-order valence-electron chi connectivity index (χ0n) is 10.5. The molecule has 0 heterocycles. The van der Waals surface area contributed by atoms with E-state index in [2.05, 4.69) is 27.5 Å². The number of benzene rings is 1. The number of aliphatic imine (C=N–C) groups is 1. The molecule has 0 aliphatic carbocycles. The molecule has 0 amide bonds. The van der Waals surface area contributed by atoms with Crippen molar-refractivity contribution in [3.8, 4) is 6.19 Å². The van der Waals surface area contributed by atoms with Gasteiger partial charge in [0.1, 0.15) is 4.38 Å². The Morgan fingerprint density at radius 3 is 3.00 bits per heavy atom. The summed E-state index contributed by atoms with van der Waals surface area (Å²) >= 11 is 5.96. The van der Waals surface area contributed by atoms with Gasteiger partial charge >= 0.3 is 0 Å². The fourth-order valence-corrected chi connectivity index (χ4v) is 2.97. The second-order valence-corrected chi connectivity index (χ2v) is 6.45. The van der Waals surface area contributed by atoms with E-state index in [-0.39, 0.29) is 5.78 Å². The second kappa shape index (κ2) is 9.59. The summed E-state index contributed by atoms with van der Waals surface area (Å²) in [6, 6.07) is 7.17. The summed E-state index contributed by atoms with van der Waals surface area (Å²) in [7, 11) is 0. The van der Waals surface area contributed by atoms with Gasteiger partial charge in [-0.25, -0.2) is 0 Å². The van der Waals surface area contributed by atoms with Crippen LogP contribution in [0, 0.1) is 11.5 Å². The summed E-state index contributed by atoms with van der Waals surface area (Å²) in [6.07, 6.45) is 4.94. The van der Waals surface area contributed by atoms with Crippen molar-refractivity contribution in [3.05, 3.63) is 58.4 Å². The summed E-state index contributed by atoms with van der Waals surface area (Å²) in [5.41, 5.74) is 0.605. The summed E-state index contributed by atoms with van der Waals surface area (Å²) in [4.78, 5) is 15.6. The number of carbonyl (C=O) groups excluding carboxylic acids is 1. The van der Waals surface area contributed by atoms with E-state index in [0.29, 0.717) is 15.7 Å². The highest BCUT2D eigenvalue weighted by molar-refractivity contribution is 9.10. The van der Waals surface area contributed by atoms with E-state index in [4.69, 9.17) is 5.26 Å². The monoisotopic (exact) mass is 366 g/mol. The number of halogens is 1. The molecular formula is C14H11BrN2OS2. The molecule has 1 aromatic carbocycles. The third kappa shape index (κ3) is 6.24. The third-order valence-corrected chi connectivity index (χ3v) is 4.40. The summed E-state index contributed by atoms with van der Waals surface area (Å²) in [5.74, 6) is 0.574. The average Bonchev–Trinajstić information content (AvgIpc) is 2.44. The first-order valence-corrected chi connectivity index (χ1v) is 8.16. The zero-order chi connectivity index (χ0) is 14.8. The van der Waals surface area contributed by atoms with Gasteiger partial charge in [-0.15, -0.1) is 6.58 Å². The number of nitrogens with zero attached hydrogens (tertiary/aromatic N) is 2. The van der Waals surface area contributed by atoms with Crippen LogP contribution in [0.15, 0.2) is 57.9 Å². The molecule has 0 N–H and O–H groups in total. The van der Waals surface area contributed by atoms with Gasteiger partial charge in [-0.05, 0) is 23.6 Å². The van der Waals surface area contributed by atoms with E-state index < -0.39 is 0 Å². The number of hydrogen-bond donors (Lipinski definition) is 0. The molecule has 0 spiro atoms. The van der Waals surface area contributed by atoms with E-state index >= 15 is 0 Å². The van der Waals surface area contributed by atoms with Crippen LogP contribution in [0.4, 0.5) is 0 Å². The van der Waals surface area contributed by atoms with E-state index in [1.165, 1.54) is 29.6 Å². The van der Waals surface area contributed by atoms with Crippen LogP contribution in [0.5, 0.6) is 0 Å². The predicted molar refractivity (Wildman–Crippen MR) is 90.9 cm³/mol. The zero-order valence-corrected chi connectivity index (χ0v) is 13.7. The minimum absolute atomic E-state index is 0.0937. The number of rotatable bonds is 5. The maximum Gasteiger partial charge on any atom is 0.207 e. The quantitative estimate of drug-likeness (QED) is 0.190. The van der Waals surface area contributed by atoms with Gasteiger partial charge in [0, 0.05) is 15.8 Å². The Morgan fingerprint density at radius 1 is 1.55 bits per heavy atom. The smallest absolute Gasteiger partial charge is 0.207 e. The van der Waals surface area contributed by atoms with Crippen molar-refractivity contribution in [2.24, 2.45) is 4.99 Å². The molecule has 0 fully saturated rings. The fraction of sp³-hybridized carbons (Fsp3) is 0.0714. The molecule has 0 aliphatic heterocycles. The standard InChI is InChI=1S/C14H11BrN2OS2/c1-2-7-19-14(17-10-16)20-8-6-13(18)11-4-3-5-12(15)9-11/h2-6,8-9H,1,7H2/b8-6+,17-14?. The van der Waals surface area contributed by atoms with Crippen LogP contribution >= 0.6 is 39.5 Å². The fourth-order valence-electron chi connectivity index (χ4n) is 1.16. The van der Waals surface area contributed by atoms with Gasteiger partial charge in [0.15, 0.2) is 5.78 Å². The van der Waals surface area contributed by atoms with Crippen LogP contribution in [0.1, 0.15) is 10.4 Å². The average molecular weight is 367 g/mol. The van der Waals surface area contributed by atoms with Crippen molar-refractivity contribution in [1.82, 2.24) is 0 Å². The largest absolute Gasteiger partial charge is 0.289 e. The maximum absolute atomic E-state index is 11.9. The number of hydrogen-bond acceptors (Lipinski definition) is 5. The Bertz CT molecular complexity index is 591. The normalized spacial score (nSPS) is 11.3. The number of allylic oxidation sites excluding steroid dienone is 1. The van der Waals surface area contributed by atoms with E-state index in [1.807, 2.05) is 6.07 Å². The van der Waals surface area contributed by atoms with Crippen molar-refractivity contribution in [3.63, 3.8) is 0 Å². The highest BCUT2D eigenvalue weighted by Gasteiger charge is 2.03. The molecule has 20 heavy (non-hydrogen) atoms. The number of ketones is 1. The molecule has 0 aliphatic rings. The van der Waals surface area contributed by atoms with Crippen molar-refractivity contribution in [2.75, 3.05) is 5.75 Å². The Balaban J connectivity index is 2.63. The Kier molecular flexibility index (Phi) is 8.04. The predicted octanol–water partition coefficient (Wildman–Crippen LogP) is 4.63. The van der Waals surface area contributed by atoms with E-state index in [9.17, 15) is 4.79 Å². The molecule has 1 rings (SSSR count). The first-order valence-electron chi connectivity index (χ1n) is 5.51. The molecule has 102 valence electrons. The molecule has 3 nitrogen and oxygen atoms in total. The molecule has 0 unspecified atom stereocenters. The van der Waals surface area contributed by atoms with Crippen LogP contribution in [0.3, 0.4) is 0 Å². The van der Waals surface area contributed by atoms with Gasteiger partial charge in [0.05, 0.1) is 0 Å². The minimum atomic E-state index is -0.0937. The molecular weight excluding hydrogens is 356 g/mol. The van der Waals surface area contributed by atoms with E-state index in [0.717, 1.165) is 4.47 Å². The number of thioether (sulfide) groups is 2. The Labute approximate surface area is 135 Å². The van der Waals surface area contributed by atoms with Gasteiger partial charge < -0.3 is 0 Å². The molecule has 1 aromatic rings. The molecule has 0 aromatic heterocycles. The van der Waals surface area contributed by atoms with Gasteiger partial charge in [-0.2, -0.15) is 10.3 Å². The van der Waals surface area contributed by atoms with Gasteiger partial charge in [-0.3, -0.25) is 4.79 Å². The van der Waals surface area contributed by atoms with Gasteiger partial charge in [0.2, 0.25) is 6.19 Å². The molecule has 0 bridgehead atoms. The Hall–Kier alpha value is -1.29. The van der Waals surface area contributed by atoms with E-state index in [1.54, 1.807) is 35.9 Å². The summed E-state index contributed by atoms with van der Waals surface area (Å²) in [5, 5.41) is 10.2. The first-order chi connectivity index (χ1) is 9.67. The molecule has 6 heteroatoms. The van der Waals surface area contributed by atoms with Crippen LogP contribution in [0.2, 0.25) is 0 Å². The van der Waals surface area contributed by atoms with Crippen LogP contribution in [-0.2, 0) is 0 Å². The molecule has 0 atom stereocenters. The number of carbonyl (C=O) groups is 1. The van der Waals surface area contributed by atoms with Gasteiger partial charge in [0.25, 0.3) is 0 Å². The van der Waals surface area contributed by atoms with Crippen molar-refractivity contribution in [1.29, 1.82) is 5.26 Å².